The molecule has 1 aromatic rings. The van der Waals surface area contributed by atoms with Crippen LogP contribution in [0.1, 0.15) is 25.3 Å². The van der Waals surface area contributed by atoms with Crippen LogP contribution in [0.15, 0.2) is 14.1 Å². The van der Waals surface area contributed by atoms with Crippen molar-refractivity contribution in [2.45, 2.75) is 36.9 Å². The zero-order chi connectivity index (χ0) is 14.0. The van der Waals surface area contributed by atoms with E-state index in [-0.39, 0.29) is 18.4 Å². The van der Waals surface area contributed by atoms with Crippen molar-refractivity contribution < 1.29 is 8.42 Å². The Labute approximate surface area is 139 Å². The van der Waals surface area contributed by atoms with Gasteiger partial charge in [0.25, 0.3) is 0 Å². The Balaban J connectivity index is 0.00000200. The van der Waals surface area contributed by atoms with Gasteiger partial charge < -0.3 is 5.32 Å². The Kier molecular flexibility index (Phi) is 6.95. The summed E-state index contributed by atoms with van der Waals surface area (Å²) >= 11 is 4.63. The molecule has 8 heteroatoms. The Morgan fingerprint density at radius 3 is 2.75 bits per heavy atom. The molecule has 20 heavy (non-hydrogen) atoms. The minimum atomic E-state index is -3.40. The molecule has 4 nitrogen and oxygen atoms in total. The lowest BCUT2D eigenvalue weighted by Gasteiger charge is -2.28. The van der Waals surface area contributed by atoms with Crippen molar-refractivity contribution in [3.05, 3.63) is 15.4 Å². The lowest BCUT2D eigenvalue weighted by molar-refractivity contribution is 0.320. The fourth-order valence-corrected chi connectivity index (χ4v) is 5.82. The normalized spacial score (nSPS) is 21.2. The fraction of sp³-hybridized carbons (Fsp3) is 0.667. The standard InChI is InChI=1S/C12H19BrN2O2S2.ClH/c1-8-6-11(18-12(8)13)19(16,17)15-9(2)10-4-3-5-14-7-10;/h6,9-10,14-15H,3-5,7H2,1-2H3;1H. The predicted molar refractivity (Wildman–Crippen MR) is 89.4 cm³/mol. The van der Waals surface area contributed by atoms with Gasteiger partial charge in [-0.25, -0.2) is 13.1 Å². The lowest BCUT2D eigenvalue weighted by atomic mass is 9.94. The van der Waals surface area contributed by atoms with Gasteiger partial charge in [0.2, 0.25) is 10.0 Å². The van der Waals surface area contributed by atoms with E-state index in [2.05, 4.69) is 26.0 Å². The van der Waals surface area contributed by atoms with E-state index in [1.807, 2.05) is 13.8 Å². The van der Waals surface area contributed by atoms with E-state index in [4.69, 9.17) is 0 Å². The van der Waals surface area contributed by atoms with E-state index in [0.29, 0.717) is 10.1 Å². The van der Waals surface area contributed by atoms with Gasteiger partial charge in [0, 0.05) is 6.04 Å². The van der Waals surface area contributed by atoms with E-state index in [1.54, 1.807) is 6.07 Å². The second-order valence-electron chi connectivity index (χ2n) is 5.04. The highest BCUT2D eigenvalue weighted by Crippen LogP contribution is 2.30. The van der Waals surface area contributed by atoms with Crippen LogP contribution in [0.5, 0.6) is 0 Å². The third-order valence-corrected chi connectivity index (χ3v) is 7.65. The zero-order valence-electron chi connectivity index (χ0n) is 11.5. The summed E-state index contributed by atoms with van der Waals surface area (Å²) in [6, 6.07) is 1.67. The van der Waals surface area contributed by atoms with Gasteiger partial charge in [-0.05, 0) is 73.3 Å². The Hall–Kier alpha value is 0.340. The van der Waals surface area contributed by atoms with Gasteiger partial charge in [-0.1, -0.05) is 0 Å². The number of aryl methyl sites for hydroxylation is 1. The highest BCUT2D eigenvalue weighted by atomic mass is 79.9. The largest absolute Gasteiger partial charge is 0.316 e. The minimum Gasteiger partial charge on any atom is -0.316 e. The summed E-state index contributed by atoms with van der Waals surface area (Å²) in [7, 11) is -3.40. The molecule has 116 valence electrons. The highest BCUT2D eigenvalue weighted by Gasteiger charge is 2.26. The van der Waals surface area contributed by atoms with Crippen LogP contribution in [0.2, 0.25) is 0 Å². The molecule has 1 fully saturated rings. The second-order valence-corrected chi connectivity index (χ2v) is 9.35. The molecule has 0 saturated carbocycles. The van der Waals surface area contributed by atoms with Gasteiger partial charge >= 0.3 is 0 Å². The van der Waals surface area contributed by atoms with Crippen LogP contribution in [-0.2, 0) is 10.0 Å². The number of rotatable bonds is 4. The zero-order valence-corrected chi connectivity index (χ0v) is 15.5. The first-order chi connectivity index (χ1) is 8.90. The third-order valence-electron chi connectivity index (χ3n) is 3.48. The molecule has 2 rings (SSSR count). The van der Waals surface area contributed by atoms with Crippen molar-refractivity contribution in [1.29, 1.82) is 0 Å². The molecule has 1 saturated heterocycles. The first-order valence-corrected chi connectivity index (χ1v) is 9.48. The number of hydrogen-bond acceptors (Lipinski definition) is 4. The number of piperidine rings is 1. The van der Waals surface area contributed by atoms with Gasteiger partial charge in [0.05, 0.1) is 3.79 Å². The first-order valence-electron chi connectivity index (χ1n) is 6.39. The summed E-state index contributed by atoms with van der Waals surface area (Å²) in [6.07, 6.45) is 2.18. The van der Waals surface area contributed by atoms with Crippen molar-refractivity contribution in [1.82, 2.24) is 10.0 Å². The van der Waals surface area contributed by atoms with Gasteiger partial charge in [-0.15, -0.1) is 23.7 Å². The monoisotopic (exact) mass is 402 g/mol. The molecule has 2 atom stereocenters. The Bertz CT molecular complexity index is 522. The van der Waals surface area contributed by atoms with E-state index in [1.165, 1.54) is 11.3 Å². The second kappa shape index (κ2) is 7.56. The lowest BCUT2D eigenvalue weighted by Crippen LogP contribution is -2.44. The number of thiophene rings is 1. The van der Waals surface area contributed by atoms with Gasteiger partial charge in [-0.3, -0.25) is 0 Å². The van der Waals surface area contributed by atoms with Crippen molar-refractivity contribution in [3.63, 3.8) is 0 Å². The van der Waals surface area contributed by atoms with Crippen LogP contribution in [-0.4, -0.2) is 27.5 Å². The topological polar surface area (TPSA) is 58.2 Å². The number of sulfonamides is 1. The SMILES string of the molecule is Cc1cc(S(=O)(=O)NC(C)C2CCCNC2)sc1Br.Cl. The summed E-state index contributed by atoms with van der Waals surface area (Å²) in [5, 5.41) is 3.31. The summed E-state index contributed by atoms with van der Waals surface area (Å²) in [5.41, 5.74) is 0.956. The average molecular weight is 404 g/mol. The molecule has 1 aliphatic rings. The molecule has 2 N–H and O–H groups in total. The van der Waals surface area contributed by atoms with E-state index < -0.39 is 10.0 Å². The molecule has 0 aliphatic carbocycles. The van der Waals surface area contributed by atoms with Crippen LogP contribution in [0, 0.1) is 12.8 Å². The number of nitrogens with one attached hydrogen (secondary N) is 2. The average Bonchev–Trinajstić information content (AvgIpc) is 2.71. The maximum absolute atomic E-state index is 12.3. The maximum Gasteiger partial charge on any atom is 0.250 e. The van der Waals surface area contributed by atoms with Gasteiger partial charge in [0.1, 0.15) is 4.21 Å². The molecule has 0 aromatic carbocycles. The molecule has 1 aromatic heterocycles. The highest BCUT2D eigenvalue weighted by molar-refractivity contribution is 9.11. The van der Waals surface area contributed by atoms with Gasteiger partial charge in [0.15, 0.2) is 0 Å². The van der Waals surface area contributed by atoms with Crippen LogP contribution < -0.4 is 10.0 Å². The van der Waals surface area contributed by atoms with Crippen molar-refractivity contribution in [2.24, 2.45) is 5.92 Å². The third kappa shape index (κ3) is 4.42. The van der Waals surface area contributed by atoms with Crippen LogP contribution >= 0.6 is 39.7 Å². The van der Waals surface area contributed by atoms with E-state index in [0.717, 1.165) is 35.3 Å². The summed E-state index contributed by atoms with van der Waals surface area (Å²) in [6.45, 7) is 5.77. The molecule has 2 unspecified atom stereocenters. The quantitative estimate of drug-likeness (QED) is 0.812. The molecule has 0 bridgehead atoms. The van der Waals surface area contributed by atoms with Gasteiger partial charge in [-0.2, -0.15) is 0 Å². The van der Waals surface area contributed by atoms with Crippen LogP contribution in [0.3, 0.4) is 0 Å². The van der Waals surface area contributed by atoms with Crippen molar-refractivity contribution >= 4 is 49.7 Å². The predicted octanol–water partition coefficient (Wildman–Crippen LogP) is 2.91. The summed E-state index contributed by atoms with van der Waals surface area (Å²) in [4.78, 5) is 0. The van der Waals surface area contributed by atoms with Crippen LogP contribution in [0.25, 0.3) is 0 Å². The fourth-order valence-electron chi connectivity index (χ4n) is 2.27. The minimum absolute atomic E-state index is 0. The maximum atomic E-state index is 12.3. The Morgan fingerprint density at radius 1 is 1.55 bits per heavy atom. The molecule has 0 radical (unpaired) electrons. The molecule has 1 aliphatic heterocycles. The van der Waals surface area contributed by atoms with E-state index in [9.17, 15) is 8.42 Å². The molecule has 0 spiro atoms. The van der Waals surface area contributed by atoms with Crippen molar-refractivity contribution in [3.8, 4) is 0 Å². The van der Waals surface area contributed by atoms with Crippen molar-refractivity contribution in [2.75, 3.05) is 13.1 Å². The Morgan fingerprint density at radius 2 is 2.25 bits per heavy atom. The van der Waals surface area contributed by atoms with Crippen LogP contribution in [0.4, 0.5) is 0 Å². The smallest absolute Gasteiger partial charge is 0.250 e. The number of hydrogen-bond donors (Lipinski definition) is 2. The first kappa shape index (κ1) is 18.4. The summed E-state index contributed by atoms with van der Waals surface area (Å²) in [5.74, 6) is 0.369. The number of halogens is 2. The molecular weight excluding hydrogens is 384 g/mol. The molecule has 2 heterocycles. The summed E-state index contributed by atoms with van der Waals surface area (Å²) < 4.78 is 28.7. The van der Waals surface area contributed by atoms with E-state index >= 15 is 0 Å². The molecule has 0 amide bonds. The molecular formula is C12H20BrClN2O2S2.